The van der Waals surface area contributed by atoms with Gasteiger partial charge in [-0.15, -0.1) is 0 Å². The van der Waals surface area contributed by atoms with E-state index in [1.165, 1.54) is 11.6 Å². The SMILES string of the molecule is CCc1ccc(C2CCCCCN2C(=O)CCCn2cnc3c2c(=O)n(C)c(=O)n3C)o1. The summed E-state index contributed by atoms with van der Waals surface area (Å²) in [5.41, 5.74) is -0.0257. The highest BCUT2D eigenvalue weighted by atomic mass is 16.3. The summed E-state index contributed by atoms with van der Waals surface area (Å²) in [6.45, 7) is 3.28. The van der Waals surface area contributed by atoms with Crippen molar-refractivity contribution >= 4 is 17.1 Å². The molecular weight excluding hydrogens is 410 g/mol. The highest BCUT2D eigenvalue weighted by Crippen LogP contribution is 2.32. The fourth-order valence-corrected chi connectivity index (χ4v) is 4.58. The minimum Gasteiger partial charge on any atom is -0.464 e. The first kappa shape index (κ1) is 22.1. The molecule has 1 saturated heterocycles. The molecule has 1 amide bonds. The van der Waals surface area contributed by atoms with E-state index in [2.05, 4.69) is 11.9 Å². The molecule has 4 rings (SSSR count). The first-order valence-electron chi connectivity index (χ1n) is 11.4. The summed E-state index contributed by atoms with van der Waals surface area (Å²) in [6.07, 6.45) is 7.48. The van der Waals surface area contributed by atoms with Crippen LogP contribution >= 0.6 is 0 Å². The number of hydrogen-bond donors (Lipinski definition) is 0. The number of furan rings is 1. The average molecular weight is 442 g/mol. The number of aromatic nitrogens is 4. The highest BCUT2D eigenvalue weighted by Gasteiger charge is 2.28. The zero-order valence-electron chi connectivity index (χ0n) is 19.0. The number of amides is 1. The van der Waals surface area contributed by atoms with Crippen LogP contribution in [0.25, 0.3) is 11.2 Å². The minimum absolute atomic E-state index is 0.0128. The molecule has 9 nitrogen and oxygen atoms in total. The zero-order chi connectivity index (χ0) is 22.8. The highest BCUT2D eigenvalue weighted by molar-refractivity contribution is 5.76. The van der Waals surface area contributed by atoms with Crippen LogP contribution in [0.2, 0.25) is 0 Å². The lowest BCUT2D eigenvalue weighted by molar-refractivity contribution is -0.134. The van der Waals surface area contributed by atoms with E-state index in [4.69, 9.17) is 4.42 Å². The molecule has 0 bridgehead atoms. The second-order valence-electron chi connectivity index (χ2n) is 8.53. The molecule has 3 aromatic rings. The molecule has 1 atom stereocenters. The van der Waals surface area contributed by atoms with Gasteiger partial charge >= 0.3 is 5.69 Å². The van der Waals surface area contributed by atoms with Gasteiger partial charge in [0.25, 0.3) is 5.56 Å². The molecule has 1 aliphatic rings. The maximum atomic E-state index is 13.2. The van der Waals surface area contributed by atoms with Crippen molar-refractivity contribution in [1.82, 2.24) is 23.6 Å². The molecule has 0 radical (unpaired) electrons. The Bertz CT molecular complexity index is 1230. The second-order valence-corrected chi connectivity index (χ2v) is 8.53. The largest absolute Gasteiger partial charge is 0.464 e. The minimum atomic E-state index is -0.403. The number of fused-ring (bicyclic) bond motifs is 1. The molecular formula is C23H31N5O4. The van der Waals surface area contributed by atoms with Crippen molar-refractivity contribution in [2.45, 2.75) is 64.5 Å². The van der Waals surface area contributed by atoms with Crippen LogP contribution in [0.15, 0.2) is 32.5 Å². The van der Waals surface area contributed by atoms with Gasteiger partial charge in [0.15, 0.2) is 11.2 Å². The van der Waals surface area contributed by atoms with Crippen LogP contribution in [0.4, 0.5) is 0 Å². The predicted molar refractivity (Wildman–Crippen MR) is 120 cm³/mol. The van der Waals surface area contributed by atoms with Gasteiger partial charge < -0.3 is 13.9 Å². The van der Waals surface area contributed by atoms with Crippen molar-refractivity contribution in [3.8, 4) is 0 Å². The number of carbonyl (C=O) groups is 1. The molecule has 0 N–H and O–H groups in total. The smallest absolute Gasteiger partial charge is 0.332 e. The Morgan fingerprint density at radius 3 is 2.72 bits per heavy atom. The van der Waals surface area contributed by atoms with Gasteiger partial charge in [-0.05, 0) is 31.4 Å². The van der Waals surface area contributed by atoms with Crippen LogP contribution in [0, 0.1) is 0 Å². The Kier molecular flexibility index (Phi) is 6.34. The second kappa shape index (κ2) is 9.18. The summed E-state index contributed by atoms with van der Waals surface area (Å²) in [5, 5.41) is 0. The zero-order valence-corrected chi connectivity index (χ0v) is 19.0. The van der Waals surface area contributed by atoms with Crippen LogP contribution in [0.5, 0.6) is 0 Å². The van der Waals surface area contributed by atoms with Gasteiger partial charge in [-0.1, -0.05) is 19.8 Å². The normalized spacial score (nSPS) is 17.1. The fraction of sp³-hybridized carbons (Fsp3) is 0.565. The monoisotopic (exact) mass is 441 g/mol. The number of aryl methyl sites for hydroxylation is 3. The van der Waals surface area contributed by atoms with E-state index in [-0.39, 0.29) is 17.5 Å². The number of hydrogen-bond acceptors (Lipinski definition) is 5. The van der Waals surface area contributed by atoms with Gasteiger partial charge in [0.2, 0.25) is 5.91 Å². The van der Waals surface area contributed by atoms with E-state index in [0.717, 1.165) is 54.7 Å². The van der Waals surface area contributed by atoms with Crippen molar-refractivity contribution in [2.24, 2.45) is 14.1 Å². The summed E-state index contributed by atoms with van der Waals surface area (Å²) in [7, 11) is 3.06. The molecule has 172 valence electrons. The van der Waals surface area contributed by atoms with E-state index in [1.54, 1.807) is 17.9 Å². The van der Waals surface area contributed by atoms with Crippen molar-refractivity contribution < 1.29 is 9.21 Å². The van der Waals surface area contributed by atoms with Crippen molar-refractivity contribution in [3.63, 3.8) is 0 Å². The molecule has 0 aliphatic carbocycles. The number of imidazole rings is 1. The third-order valence-corrected chi connectivity index (χ3v) is 6.44. The van der Waals surface area contributed by atoms with Gasteiger partial charge in [-0.2, -0.15) is 0 Å². The predicted octanol–water partition coefficient (Wildman–Crippen LogP) is 2.51. The number of nitrogens with zero attached hydrogens (tertiary/aromatic N) is 5. The van der Waals surface area contributed by atoms with Gasteiger partial charge in [-0.25, -0.2) is 9.78 Å². The average Bonchev–Trinajstić information content (AvgIpc) is 3.37. The van der Waals surface area contributed by atoms with Crippen molar-refractivity contribution in [3.05, 3.63) is 50.8 Å². The molecule has 9 heteroatoms. The molecule has 1 fully saturated rings. The quantitative estimate of drug-likeness (QED) is 0.586. The standard InChI is InChI=1S/C23H31N5O4/c1-4-16-11-12-18(32-16)17-9-6-5-7-14-28(17)19(29)10-8-13-27-15-24-21-20(27)22(30)26(3)23(31)25(21)2/h11-12,15,17H,4-10,13-14H2,1-3H3. The molecule has 3 aromatic heterocycles. The van der Waals surface area contributed by atoms with Gasteiger partial charge in [0.05, 0.1) is 12.4 Å². The summed E-state index contributed by atoms with van der Waals surface area (Å²) < 4.78 is 10.2. The van der Waals surface area contributed by atoms with E-state index in [1.807, 2.05) is 17.0 Å². The molecule has 0 aromatic carbocycles. The van der Waals surface area contributed by atoms with Crippen LogP contribution in [0.3, 0.4) is 0 Å². The van der Waals surface area contributed by atoms with Crippen LogP contribution < -0.4 is 11.2 Å². The molecule has 4 heterocycles. The third-order valence-electron chi connectivity index (χ3n) is 6.44. The van der Waals surface area contributed by atoms with Crippen molar-refractivity contribution in [2.75, 3.05) is 6.54 Å². The summed E-state index contributed by atoms with van der Waals surface area (Å²) in [4.78, 5) is 44.1. The lowest BCUT2D eigenvalue weighted by Gasteiger charge is -2.29. The first-order chi connectivity index (χ1) is 15.4. The fourth-order valence-electron chi connectivity index (χ4n) is 4.58. The van der Waals surface area contributed by atoms with E-state index in [9.17, 15) is 14.4 Å². The maximum absolute atomic E-state index is 13.2. The lowest BCUT2D eigenvalue weighted by Crippen LogP contribution is -2.37. The van der Waals surface area contributed by atoms with Gasteiger partial charge in [-0.3, -0.25) is 18.7 Å². The Balaban J connectivity index is 1.48. The Labute approximate surface area is 186 Å². The molecule has 1 unspecified atom stereocenters. The Morgan fingerprint density at radius 2 is 1.97 bits per heavy atom. The van der Waals surface area contributed by atoms with E-state index in [0.29, 0.717) is 30.6 Å². The molecule has 0 saturated carbocycles. The van der Waals surface area contributed by atoms with Crippen LogP contribution in [-0.2, 0) is 31.9 Å². The third kappa shape index (κ3) is 4.03. The van der Waals surface area contributed by atoms with Crippen molar-refractivity contribution in [1.29, 1.82) is 0 Å². The lowest BCUT2D eigenvalue weighted by atomic mass is 10.1. The number of rotatable bonds is 6. The Morgan fingerprint density at radius 1 is 1.16 bits per heavy atom. The number of likely N-dealkylation sites (tertiary alicyclic amines) is 1. The van der Waals surface area contributed by atoms with Crippen LogP contribution in [-0.4, -0.2) is 36.0 Å². The topological polar surface area (TPSA) is 95.3 Å². The van der Waals surface area contributed by atoms with Gasteiger partial charge in [0.1, 0.15) is 11.5 Å². The van der Waals surface area contributed by atoms with E-state index >= 15 is 0 Å². The summed E-state index contributed by atoms with van der Waals surface area (Å²) >= 11 is 0. The molecule has 1 aliphatic heterocycles. The van der Waals surface area contributed by atoms with E-state index < -0.39 is 5.69 Å². The molecule has 32 heavy (non-hydrogen) atoms. The van der Waals surface area contributed by atoms with Gasteiger partial charge in [0, 0.05) is 40.0 Å². The summed E-state index contributed by atoms with van der Waals surface area (Å²) in [5.74, 6) is 1.93. The maximum Gasteiger partial charge on any atom is 0.332 e. The molecule has 0 spiro atoms. The summed E-state index contributed by atoms with van der Waals surface area (Å²) in [6, 6.07) is 3.99. The first-order valence-corrected chi connectivity index (χ1v) is 11.4. The number of carbonyl (C=O) groups excluding carboxylic acids is 1. The Hall–Kier alpha value is -3.10. The van der Waals surface area contributed by atoms with Crippen LogP contribution in [0.1, 0.15) is 63.0 Å².